The molecule has 0 amide bonds. The Labute approximate surface area is 77.4 Å². The Morgan fingerprint density at radius 1 is 1.33 bits per heavy atom. The predicted octanol–water partition coefficient (Wildman–Crippen LogP) is 1.60. The molecule has 0 atom stereocenters. The van der Waals surface area contributed by atoms with Gasteiger partial charge in [0.2, 0.25) is 0 Å². The number of hydrogen-bond donors (Lipinski definition) is 0. The zero-order valence-electron chi connectivity index (χ0n) is 7.72. The van der Waals surface area contributed by atoms with E-state index >= 15 is 0 Å². The first-order valence-electron chi connectivity index (χ1n) is 4.28. The molecule has 3 heteroatoms. The fraction of sp³-hybridized carbons (Fsp3) is 0.778. The van der Waals surface area contributed by atoms with Crippen LogP contribution in [0.2, 0.25) is 0 Å². The van der Waals surface area contributed by atoms with Gasteiger partial charge in [0.25, 0.3) is 0 Å². The average molecular weight is 183 g/mol. The lowest BCUT2D eigenvalue weighted by molar-refractivity contribution is -0.116. The zero-order chi connectivity index (χ0) is 9.03. The van der Waals surface area contributed by atoms with Gasteiger partial charge in [0.05, 0.1) is 0 Å². The Hall–Kier alpha value is -0.123. The fourth-order valence-corrected chi connectivity index (χ4v) is 1.71. The van der Waals surface area contributed by atoms with Crippen molar-refractivity contribution in [2.75, 3.05) is 14.2 Å². The van der Waals surface area contributed by atoms with E-state index in [4.69, 9.17) is 9.47 Å². The third-order valence-corrected chi connectivity index (χ3v) is 3.02. The molecular weight excluding hydrogens is 168 g/mol. The Bertz CT molecular complexity index is 173. The first kappa shape index (κ1) is 9.96. The van der Waals surface area contributed by atoms with Crippen molar-refractivity contribution >= 4 is 10.2 Å². The van der Waals surface area contributed by atoms with Crippen LogP contribution in [-0.2, 0) is 9.47 Å². The van der Waals surface area contributed by atoms with Gasteiger partial charge in [-0.05, 0) is 31.3 Å². The summed E-state index contributed by atoms with van der Waals surface area (Å²) in [7, 11) is 6.78. The van der Waals surface area contributed by atoms with E-state index in [1.807, 2.05) is 0 Å². The van der Waals surface area contributed by atoms with Gasteiger partial charge in [0.15, 0.2) is 5.41 Å². The standard InChI is InChI=1S/C9H15O2Si/c1-10-9(12,11-2)8-6-4-3-5-7-8/h6H,3-5,7H2,1-2H3. The van der Waals surface area contributed by atoms with Gasteiger partial charge in [-0.25, -0.2) is 0 Å². The molecule has 0 bridgehead atoms. The summed E-state index contributed by atoms with van der Waals surface area (Å²) in [5.74, 6) is 0. The fourth-order valence-electron chi connectivity index (χ4n) is 1.48. The molecule has 0 unspecified atom stereocenters. The normalized spacial score (nSPS) is 19.1. The van der Waals surface area contributed by atoms with Crippen LogP contribution in [0.4, 0.5) is 0 Å². The average Bonchev–Trinajstić information content (AvgIpc) is 2.18. The highest BCUT2D eigenvalue weighted by atomic mass is 28.1. The van der Waals surface area contributed by atoms with Gasteiger partial charge in [-0.2, -0.15) is 0 Å². The largest absolute Gasteiger partial charge is 0.354 e. The summed E-state index contributed by atoms with van der Waals surface area (Å²) in [4.78, 5) is 0. The van der Waals surface area contributed by atoms with Crippen molar-refractivity contribution in [2.45, 2.75) is 31.1 Å². The molecule has 0 heterocycles. The van der Waals surface area contributed by atoms with Gasteiger partial charge in [-0.1, -0.05) is 6.08 Å². The van der Waals surface area contributed by atoms with Crippen LogP contribution in [-0.4, -0.2) is 29.9 Å². The maximum Gasteiger partial charge on any atom is 0.164 e. The van der Waals surface area contributed by atoms with Crippen molar-refractivity contribution in [1.82, 2.24) is 0 Å². The third-order valence-electron chi connectivity index (χ3n) is 2.29. The molecule has 1 aliphatic carbocycles. The number of ether oxygens (including phenoxy) is 2. The van der Waals surface area contributed by atoms with Crippen LogP contribution in [0.5, 0.6) is 0 Å². The Morgan fingerprint density at radius 3 is 2.42 bits per heavy atom. The van der Waals surface area contributed by atoms with Crippen molar-refractivity contribution < 1.29 is 9.47 Å². The smallest absolute Gasteiger partial charge is 0.164 e. The van der Waals surface area contributed by atoms with Crippen LogP contribution in [0.3, 0.4) is 0 Å². The summed E-state index contributed by atoms with van der Waals surface area (Å²) >= 11 is 0. The Kier molecular flexibility index (Phi) is 3.49. The molecule has 0 spiro atoms. The van der Waals surface area contributed by atoms with E-state index < -0.39 is 5.41 Å². The molecule has 0 fully saturated rings. The first-order valence-corrected chi connectivity index (χ1v) is 4.78. The molecule has 0 saturated carbocycles. The van der Waals surface area contributed by atoms with E-state index in [9.17, 15) is 0 Å². The highest BCUT2D eigenvalue weighted by Gasteiger charge is 2.28. The van der Waals surface area contributed by atoms with E-state index in [0.717, 1.165) is 12.8 Å². The van der Waals surface area contributed by atoms with Gasteiger partial charge in [0, 0.05) is 14.2 Å². The maximum absolute atomic E-state index is 5.25. The summed E-state index contributed by atoms with van der Waals surface area (Å²) in [6.45, 7) is 0. The number of rotatable bonds is 3. The molecule has 2 nitrogen and oxygen atoms in total. The molecule has 0 N–H and O–H groups in total. The van der Waals surface area contributed by atoms with Gasteiger partial charge >= 0.3 is 0 Å². The van der Waals surface area contributed by atoms with E-state index in [2.05, 4.69) is 16.3 Å². The van der Waals surface area contributed by atoms with Crippen LogP contribution in [0.1, 0.15) is 25.7 Å². The molecule has 67 valence electrons. The van der Waals surface area contributed by atoms with Crippen LogP contribution >= 0.6 is 0 Å². The van der Waals surface area contributed by atoms with Crippen molar-refractivity contribution in [3.8, 4) is 0 Å². The minimum atomic E-state index is -0.680. The van der Waals surface area contributed by atoms with Gasteiger partial charge in [-0.3, -0.25) is 0 Å². The highest BCUT2D eigenvalue weighted by Crippen LogP contribution is 2.27. The second-order valence-electron chi connectivity index (χ2n) is 3.00. The molecular formula is C9H15O2Si. The predicted molar refractivity (Wildman–Crippen MR) is 49.1 cm³/mol. The van der Waals surface area contributed by atoms with Gasteiger partial charge in [0.1, 0.15) is 10.2 Å². The molecule has 0 aromatic heterocycles. The molecule has 1 aliphatic rings. The summed E-state index contributed by atoms with van der Waals surface area (Å²) < 4.78 is 10.5. The molecule has 12 heavy (non-hydrogen) atoms. The number of allylic oxidation sites excluding steroid dienone is 1. The quantitative estimate of drug-likeness (QED) is 0.376. The molecule has 1 rings (SSSR count). The van der Waals surface area contributed by atoms with Crippen LogP contribution in [0, 0.1) is 0 Å². The lowest BCUT2D eigenvalue weighted by Gasteiger charge is -2.31. The summed E-state index contributed by atoms with van der Waals surface area (Å²) in [5.41, 5.74) is 0.524. The maximum atomic E-state index is 5.25. The zero-order valence-corrected chi connectivity index (χ0v) is 8.72. The topological polar surface area (TPSA) is 18.5 Å². The van der Waals surface area contributed by atoms with Gasteiger partial charge < -0.3 is 9.47 Å². The van der Waals surface area contributed by atoms with E-state index in [1.54, 1.807) is 14.2 Å². The van der Waals surface area contributed by atoms with Crippen molar-refractivity contribution in [3.63, 3.8) is 0 Å². The van der Waals surface area contributed by atoms with Crippen LogP contribution < -0.4 is 0 Å². The molecule has 0 aromatic rings. The lowest BCUT2D eigenvalue weighted by Crippen LogP contribution is -2.37. The minimum absolute atomic E-state index is 0.680. The van der Waals surface area contributed by atoms with Gasteiger partial charge in [-0.15, -0.1) is 0 Å². The summed E-state index contributed by atoms with van der Waals surface area (Å²) in [6.07, 6.45) is 6.90. The minimum Gasteiger partial charge on any atom is -0.354 e. The second kappa shape index (κ2) is 4.21. The van der Waals surface area contributed by atoms with Crippen molar-refractivity contribution in [2.24, 2.45) is 0 Å². The Balaban J connectivity index is 2.70. The summed E-state index contributed by atoms with van der Waals surface area (Å²) in [5, 5.41) is 0. The monoisotopic (exact) mass is 183 g/mol. The van der Waals surface area contributed by atoms with E-state index in [-0.39, 0.29) is 0 Å². The van der Waals surface area contributed by atoms with Crippen molar-refractivity contribution in [3.05, 3.63) is 11.6 Å². The molecule has 0 saturated heterocycles. The van der Waals surface area contributed by atoms with Crippen molar-refractivity contribution in [1.29, 1.82) is 0 Å². The van der Waals surface area contributed by atoms with E-state index in [1.165, 1.54) is 18.4 Å². The highest BCUT2D eigenvalue weighted by molar-refractivity contribution is 6.15. The third kappa shape index (κ3) is 1.97. The SMILES string of the molecule is COC([Si])(OC)C1=CCCCC1. The van der Waals surface area contributed by atoms with E-state index in [0.29, 0.717) is 0 Å². The van der Waals surface area contributed by atoms with Crippen LogP contribution in [0.15, 0.2) is 11.6 Å². The Morgan fingerprint density at radius 2 is 2.00 bits per heavy atom. The summed E-state index contributed by atoms with van der Waals surface area (Å²) in [6, 6.07) is 0. The molecule has 0 aliphatic heterocycles. The molecule has 0 aromatic carbocycles. The van der Waals surface area contributed by atoms with Crippen LogP contribution in [0.25, 0.3) is 0 Å². The second-order valence-corrected chi connectivity index (χ2v) is 3.66. The molecule has 3 radical (unpaired) electrons. The first-order chi connectivity index (χ1) is 5.73. The lowest BCUT2D eigenvalue weighted by atomic mass is 9.99. The number of methoxy groups -OCH3 is 2. The number of hydrogen-bond acceptors (Lipinski definition) is 2.